The first-order valence-corrected chi connectivity index (χ1v) is 5.29. The molecule has 0 saturated carbocycles. The van der Waals surface area contributed by atoms with E-state index in [0.717, 1.165) is 0 Å². The van der Waals surface area contributed by atoms with Crippen LogP contribution < -0.4 is 5.73 Å². The van der Waals surface area contributed by atoms with Crippen molar-refractivity contribution in [3.63, 3.8) is 0 Å². The lowest BCUT2D eigenvalue weighted by molar-refractivity contribution is 0.563. The summed E-state index contributed by atoms with van der Waals surface area (Å²) < 4.78 is 28.9. The van der Waals surface area contributed by atoms with E-state index in [1.165, 1.54) is 35.4 Å². The van der Waals surface area contributed by atoms with Gasteiger partial charge in [0.2, 0.25) is 0 Å². The summed E-state index contributed by atoms with van der Waals surface area (Å²) in [6.07, 6.45) is 4.76. The highest BCUT2D eigenvalue weighted by atomic mass is 19.1. The Labute approximate surface area is 97.9 Å². The van der Waals surface area contributed by atoms with E-state index in [1.54, 1.807) is 6.92 Å². The molecule has 2 N–H and O–H groups in total. The minimum Gasteiger partial charge on any atom is -0.328 e. The van der Waals surface area contributed by atoms with Gasteiger partial charge in [0.1, 0.15) is 5.69 Å². The van der Waals surface area contributed by atoms with E-state index < -0.39 is 11.6 Å². The molecule has 1 aromatic carbocycles. The number of aromatic nitrogens is 2. The van der Waals surface area contributed by atoms with E-state index in [4.69, 9.17) is 5.73 Å². The third kappa shape index (κ3) is 2.50. The normalized spacial score (nSPS) is 12.7. The minimum absolute atomic E-state index is 0.115. The van der Waals surface area contributed by atoms with Gasteiger partial charge < -0.3 is 10.3 Å². The van der Waals surface area contributed by atoms with Crippen molar-refractivity contribution in [3.8, 4) is 5.69 Å². The molecule has 0 fully saturated rings. The predicted molar refractivity (Wildman–Crippen MR) is 60.8 cm³/mol. The number of hydrogen-bond acceptors (Lipinski definition) is 2. The fraction of sp³-hybridized carbons (Fsp3) is 0.250. The number of hydrogen-bond donors (Lipinski definition) is 1. The predicted octanol–water partition coefficient (Wildman–Crippen LogP) is 2.04. The van der Waals surface area contributed by atoms with Gasteiger partial charge in [-0.3, -0.25) is 0 Å². The van der Waals surface area contributed by atoms with Gasteiger partial charge in [-0.1, -0.05) is 0 Å². The van der Waals surface area contributed by atoms with Crippen LogP contribution >= 0.6 is 0 Å². The molecule has 0 radical (unpaired) electrons. The van der Waals surface area contributed by atoms with Crippen molar-refractivity contribution in [1.29, 1.82) is 0 Å². The molecule has 3 nitrogen and oxygen atoms in total. The molecular formula is C12H13F2N3. The van der Waals surface area contributed by atoms with Crippen LogP contribution in [0, 0.1) is 11.6 Å². The van der Waals surface area contributed by atoms with E-state index >= 15 is 0 Å². The second-order valence-corrected chi connectivity index (χ2v) is 4.06. The Balaban J connectivity index is 2.43. The van der Waals surface area contributed by atoms with Crippen LogP contribution in [0.2, 0.25) is 0 Å². The summed E-state index contributed by atoms with van der Waals surface area (Å²) in [5, 5.41) is 0. The van der Waals surface area contributed by atoms with Crippen molar-refractivity contribution in [2.45, 2.75) is 19.4 Å². The van der Waals surface area contributed by atoms with Crippen LogP contribution in [0.3, 0.4) is 0 Å². The average molecular weight is 237 g/mol. The molecule has 90 valence electrons. The number of nitrogens with two attached hydrogens (primary N) is 1. The van der Waals surface area contributed by atoms with Crippen molar-refractivity contribution in [3.05, 3.63) is 48.1 Å². The molecule has 0 amide bonds. The Morgan fingerprint density at radius 1 is 1.35 bits per heavy atom. The number of imidazole rings is 1. The van der Waals surface area contributed by atoms with Crippen LogP contribution in [0.25, 0.3) is 5.69 Å². The monoisotopic (exact) mass is 237 g/mol. The Morgan fingerprint density at radius 2 is 2.00 bits per heavy atom. The van der Waals surface area contributed by atoms with Gasteiger partial charge in [-0.25, -0.2) is 13.8 Å². The van der Waals surface area contributed by atoms with Crippen molar-refractivity contribution >= 4 is 0 Å². The van der Waals surface area contributed by atoms with E-state index in [1.807, 2.05) is 0 Å². The van der Waals surface area contributed by atoms with Crippen LogP contribution in [-0.4, -0.2) is 15.6 Å². The first-order chi connectivity index (χ1) is 8.08. The largest absolute Gasteiger partial charge is 0.328 e. The van der Waals surface area contributed by atoms with Gasteiger partial charge in [0.05, 0.1) is 6.33 Å². The lowest BCUT2D eigenvalue weighted by Gasteiger charge is -2.10. The van der Waals surface area contributed by atoms with Crippen molar-refractivity contribution in [1.82, 2.24) is 9.55 Å². The molecule has 2 aromatic rings. The maximum atomic E-state index is 13.8. The van der Waals surface area contributed by atoms with Crippen LogP contribution in [0.4, 0.5) is 8.78 Å². The Morgan fingerprint density at radius 3 is 2.47 bits per heavy atom. The molecule has 1 aromatic heterocycles. The van der Waals surface area contributed by atoms with Crippen LogP contribution in [0.5, 0.6) is 0 Å². The molecular weight excluding hydrogens is 224 g/mol. The molecule has 17 heavy (non-hydrogen) atoms. The molecule has 1 heterocycles. The van der Waals surface area contributed by atoms with Crippen molar-refractivity contribution in [2.24, 2.45) is 5.73 Å². The number of halogens is 2. The second kappa shape index (κ2) is 4.63. The fourth-order valence-electron chi connectivity index (χ4n) is 1.75. The lowest BCUT2D eigenvalue weighted by atomic mass is 10.1. The minimum atomic E-state index is -0.612. The third-order valence-corrected chi connectivity index (χ3v) is 2.40. The summed E-state index contributed by atoms with van der Waals surface area (Å²) in [5.41, 5.74) is 6.04. The van der Waals surface area contributed by atoms with Crippen LogP contribution in [-0.2, 0) is 6.42 Å². The quantitative estimate of drug-likeness (QED) is 0.887. The van der Waals surface area contributed by atoms with E-state index in [-0.39, 0.29) is 11.7 Å². The van der Waals surface area contributed by atoms with Gasteiger partial charge in [-0.05, 0) is 31.0 Å². The number of benzene rings is 1. The smallest absolute Gasteiger partial charge is 0.150 e. The number of nitrogens with zero attached hydrogens (tertiary/aromatic N) is 2. The van der Waals surface area contributed by atoms with Gasteiger partial charge in [-0.2, -0.15) is 0 Å². The molecule has 1 unspecified atom stereocenters. The summed E-state index contributed by atoms with van der Waals surface area (Å²) in [6, 6.07) is 2.48. The second-order valence-electron chi connectivity index (χ2n) is 4.06. The lowest BCUT2D eigenvalue weighted by Crippen LogP contribution is -2.18. The topological polar surface area (TPSA) is 43.8 Å². The first kappa shape index (κ1) is 11.7. The Kier molecular flexibility index (Phi) is 3.19. The van der Waals surface area contributed by atoms with Crippen molar-refractivity contribution in [2.75, 3.05) is 0 Å². The zero-order valence-electron chi connectivity index (χ0n) is 9.40. The van der Waals surface area contributed by atoms with Gasteiger partial charge in [-0.15, -0.1) is 0 Å². The maximum absolute atomic E-state index is 13.8. The zero-order valence-corrected chi connectivity index (χ0v) is 9.40. The highest BCUT2D eigenvalue weighted by Gasteiger charge is 2.13. The molecule has 1 atom stereocenters. The average Bonchev–Trinajstić information content (AvgIpc) is 2.68. The van der Waals surface area contributed by atoms with Crippen LogP contribution in [0.1, 0.15) is 12.5 Å². The summed E-state index contributed by atoms with van der Waals surface area (Å²) in [4.78, 5) is 3.76. The Bertz CT molecular complexity index is 483. The molecule has 5 heteroatoms. The van der Waals surface area contributed by atoms with Gasteiger partial charge in [0, 0.05) is 18.4 Å². The van der Waals surface area contributed by atoms with E-state index in [9.17, 15) is 8.78 Å². The summed E-state index contributed by atoms with van der Waals surface area (Å²) in [6.45, 7) is 1.79. The first-order valence-electron chi connectivity index (χ1n) is 5.29. The molecule has 2 rings (SSSR count). The maximum Gasteiger partial charge on any atom is 0.150 e. The Hall–Kier alpha value is -1.75. The summed E-state index contributed by atoms with van der Waals surface area (Å²) in [5.74, 6) is -1.22. The molecule has 0 aliphatic rings. The van der Waals surface area contributed by atoms with E-state index in [2.05, 4.69) is 4.98 Å². The van der Waals surface area contributed by atoms with Crippen molar-refractivity contribution < 1.29 is 8.78 Å². The van der Waals surface area contributed by atoms with Crippen LogP contribution in [0.15, 0.2) is 30.9 Å². The highest BCUT2D eigenvalue weighted by Crippen LogP contribution is 2.20. The highest BCUT2D eigenvalue weighted by molar-refractivity contribution is 5.38. The molecule has 0 aliphatic heterocycles. The molecule has 0 aliphatic carbocycles. The molecule has 0 saturated heterocycles. The summed E-state index contributed by atoms with van der Waals surface area (Å²) >= 11 is 0. The van der Waals surface area contributed by atoms with E-state index in [0.29, 0.717) is 12.0 Å². The van der Waals surface area contributed by atoms with Gasteiger partial charge in [0.25, 0.3) is 0 Å². The standard InChI is InChI=1S/C12H13F2N3/c1-8(15)4-9-5-10(13)12(11(14)6-9)17-3-2-16-7-17/h2-3,5-8H,4,15H2,1H3. The molecule has 0 bridgehead atoms. The fourth-order valence-corrected chi connectivity index (χ4v) is 1.75. The van der Waals surface area contributed by atoms with Gasteiger partial charge in [0.15, 0.2) is 11.6 Å². The SMILES string of the molecule is CC(N)Cc1cc(F)c(-n2ccnc2)c(F)c1. The zero-order chi connectivity index (χ0) is 12.4. The number of rotatable bonds is 3. The summed E-state index contributed by atoms with van der Waals surface area (Å²) in [7, 11) is 0. The third-order valence-electron chi connectivity index (χ3n) is 2.40. The van der Waals surface area contributed by atoms with Gasteiger partial charge >= 0.3 is 0 Å². The molecule has 0 spiro atoms.